The number of rotatable bonds is 2. The van der Waals surface area contributed by atoms with E-state index >= 15 is 0 Å². The molecule has 1 aromatic carbocycles. The predicted octanol–water partition coefficient (Wildman–Crippen LogP) is 1.76. The quantitative estimate of drug-likeness (QED) is 0.769. The van der Waals surface area contributed by atoms with E-state index in [1.54, 1.807) is 4.90 Å². The molecule has 4 N–H and O–H groups in total. The minimum absolute atomic E-state index is 0.158. The number of carbonyl (C=O) groups excluding carboxylic acids is 1. The Balaban J connectivity index is 1.79. The van der Waals surface area contributed by atoms with Gasteiger partial charge in [0.05, 0.1) is 17.4 Å². The molecular formula is C15H22N4O. The number of amides is 2. The standard InChI is InChI=1S/C15H22N4O/c16-15(20)19-12(9-11-5-7-17-8-6-11)10-18-13-3-1-2-4-14(13)19/h1-4,11-12,17-18H,5-10H2,(H2,16,20). The third kappa shape index (κ3) is 2.58. The van der Waals surface area contributed by atoms with Crippen molar-refractivity contribution in [3.8, 4) is 0 Å². The molecule has 0 aromatic heterocycles. The number of nitrogens with two attached hydrogens (primary N) is 1. The average Bonchev–Trinajstić information content (AvgIpc) is 2.47. The summed E-state index contributed by atoms with van der Waals surface area (Å²) in [6.07, 6.45) is 3.39. The van der Waals surface area contributed by atoms with Crippen LogP contribution in [0.15, 0.2) is 24.3 Å². The molecule has 5 nitrogen and oxygen atoms in total. The van der Waals surface area contributed by atoms with E-state index in [-0.39, 0.29) is 12.1 Å². The third-order valence-corrected chi connectivity index (χ3v) is 4.36. The lowest BCUT2D eigenvalue weighted by atomic mass is 9.89. The Morgan fingerprint density at radius 2 is 2.05 bits per heavy atom. The largest absolute Gasteiger partial charge is 0.381 e. The molecule has 1 atom stereocenters. The van der Waals surface area contributed by atoms with E-state index in [9.17, 15) is 4.79 Å². The Hall–Kier alpha value is -1.75. The van der Waals surface area contributed by atoms with Gasteiger partial charge in [-0.05, 0) is 50.4 Å². The van der Waals surface area contributed by atoms with Gasteiger partial charge in [-0.1, -0.05) is 12.1 Å². The molecule has 1 saturated heterocycles. The van der Waals surface area contributed by atoms with Crippen LogP contribution < -0.4 is 21.3 Å². The minimum atomic E-state index is -0.349. The van der Waals surface area contributed by atoms with Gasteiger partial charge in [-0.2, -0.15) is 0 Å². The number of benzene rings is 1. The molecular weight excluding hydrogens is 252 g/mol. The van der Waals surface area contributed by atoms with E-state index in [1.165, 1.54) is 12.8 Å². The number of hydrogen-bond acceptors (Lipinski definition) is 3. The molecule has 0 aliphatic carbocycles. The minimum Gasteiger partial charge on any atom is -0.381 e. The second-order valence-corrected chi connectivity index (χ2v) is 5.69. The normalized spacial score (nSPS) is 23.0. The number of nitrogens with zero attached hydrogens (tertiary/aromatic N) is 1. The number of urea groups is 1. The summed E-state index contributed by atoms with van der Waals surface area (Å²) in [4.78, 5) is 13.6. The van der Waals surface area contributed by atoms with Crippen LogP contribution >= 0.6 is 0 Å². The molecule has 1 unspecified atom stereocenters. The molecule has 1 fully saturated rings. The summed E-state index contributed by atoms with van der Waals surface area (Å²) >= 11 is 0. The third-order valence-electron chi connectivity index (χ3n) is 4.36. The smallest absolute Gasteiger partial charge is 0.319 e. The van der Waals surface area contributed by atoms with Crippen LogP contribution in [0, 0.1) is 5.92 Å². The van der Waals surface area contributed by atoms with E-state index in [0.717, 1.165) is 37.4 Å². The average molecular weight is 274 g/mol. The number of fused-ring (bicyclic) bond motifs is 1. The lowest BCUT2D eigenvalue weighted by Gasteiger charge is -2.39. The van der Waals surface area contributed by atoms with Crippen LogP contribution in [-0.2, 0) is 0 Å². The van der Waals surface area contributed by atoms with Crippen molar-refractivity contribution >= 4 is 17.4 Å². The molecule has 2 aliphatic rings. The van der Waals surface area contributed by atoms with Crippen LogP contribution in [0.1, 0.15) is 19.3 Å². The highest BCUT2D eigenvalue weighted by Gasteiger charge is 2.31. The second-order valence-electron chi connectivity index (χ2n) is 5.69. The fourth-order valence-corrected chi connectivity index (χ4v) is 3.34. The fraction of sp³-hybridized carbons (Fsp3) is 0.533. The van der Waals surface area contributed by atoms with Gasteiger partial charge in [0.25, 0.3) is 0 Å². The molecule has 0 radical (unpaired) electrons. The summed E-state index contributed by atoms with van der Waals surface area (Å²) < 4.78 is 0. The van der Waals surface area contributed by atoms with Crippen molar-refractivity contribution in [1.29, 1.82) is 0 Å². The molecule has 2 amide bonds. The molecule has 3 rings (SSSR count). The molecule has 0 saturated carbocycles. The van der Waals surface area contributed by atoms with Crippen LogP contribution in [0.2, 0.25) is 0 Å². The van der Waals surface area contributed by atoms with Gasteiger partial charge in [0.1, 0.15) is 0 Å². The van der Waals surface area contributed by atoms with Crippen LogP contribution in [0.3, 0.4) is 0 Å². The first-order chi connectivity index (χ1) is 9.75. The van der Waals surface area contributed by atoms with Gasteiger partial charge in [0, 0.05) is 6.54 Å². The number of para-hydroxylation sites is 2. The molecule has 2 heterocycles. The Morgan fingerprint density at radius 3 is 2.80 bits per heavy atom. The lowest BCUT2D eigenvalue weighted by Crippen LogP contribution is -2.51. The lowest BCUT2D eigenvalue weighted by molar-refractivity contribution is 0.248. The molecule has 0 spiro atoms. The van der Waals surface area contributed by atoms with E-state index < -0.39 is 0 Å². The van der Waals surface area contributed by atoms with Crippen LogP contribution in [0.5, 0.6) is 0 Å². The fourth-order valence-electron chi connectivity index (χ4n) is 3.34. The number of nitrogens with one attached hydrogen (secondary N) is 2. The van der Waals surface area contributed by atoms with E-state index in [2.05, 4.69) is 10.6 Å². The molecule has 5 heteroatoms. The van der Waals surface area contributed by atoms with Crippen molar-refractivity contribution in [2.75, 3.05) is 29.9 Å². The first-order valence-corrected chi connectivity index (χ1v) is 7.38. The van der Waals surface area contributed by atoms with Gasteiger partial charge >= 0.3 is 6.03 Å². The van der Waals surface area contributed by atoms with Crippen molar-refractivity contribution in [3.63, 3.8) is 0 Å². The zero-order valence-electron chi connectivity index (χ0n) is 11.6. The highest BCUT2D eigenvalue weighted by atomic mass is 16.2. The van der Waals surface area contributed by atoms with Gasteiger partial charge < -0.3 is 16.4 Å². The van der Waals surface area contributed by atoms with Crippen LogP contribution in [0.4, 0.5) is 16.2 Å². The SMILES string of the molecule is NC(=O)N1c2ccccc2NCC1CC1CCNCC1. The number of piperidine rings is 1. The Labute approximate surface area is 119 Å². The van der Waals surface area contributed by atoms with E-state index in [4.69, 9.17) is 5.73 Å². The van der Waals surface area contributed by atoms with Crippen LogP contribution in [0.25, 0.3) is 0 Å². The van der Waals surface area contributed by atoms with Crippen molar-refractivity contribution < 1.29 is 4.79 Å². The Morgan fingerprint density at radius 1 is 1.30 bits per heavy atom. The Kier molecular flexibility index (Phi) is 3.78. The highest BCUT2D eigenvalue weighted by molar-refractivity contribution is 5.96. The van der Waals surface area contributed by atoms with Gasteiger partial charge in [-0.15, -0.1) is 0 Å². The van der Waals surface area contributed by atoms with Crippen molar-refractivity contribution in [1.82, 2.24) is 5.32 Å². The second kappa shape index (κ2) is 5.71. The Bertz CT molecular complexity index is 485. The molecule has 108 valence electrons. The van der Waals surface area contributed by atoms with Crippen molar-refractivity contribution in [2.45, 2.75) is 25.3 Å². The number of carbonyl (C=O) groups is 1. The molecule has 2 aliphatic heterocycles. The number of primary amides is 1. The summed E-state index contributed by atoms with van der Waals surface area (Å²) in [6, 6.07) is 7.68. The summed E-state index contributed by atoms with van der Waals surface area (Å²) in [5.41, 5.74) is 7.53. The maximum absolute atomic E-state index is 11.9. The maximum Gasteiger partial charge on any atom is 0.319 e. The van der Waals surface area contributed by atoms with Gasteiger partial charge in [-0.25, -0.2) is 4.79 Å². The molecule has 0 bridgehead atoms. The topological polar surface area (TPSA) is 70.4 Å². The summed E-state index contributed by atoms with van der Waals surface area (Å²) in [7, 11) is 0. The molecule has 20 heavy (non-hydrogen) atoms. The first-order valence-electron chi connectivity index (χ1n) is 7.38. The maximum atomic E-state index is 11.9. The summed E-state index contributed by atoms with van der Waals surface area (Å²) in [5.74, 6) is 0.676. The zero-order chi connectivity index (χ0) is 13.9. The van der Waals surface area contributed by atoms with Crippen molar-refractivity contribution in [3.05, 3.63) is 24.3 Å². The van der Waals surface area contributed by atoms with Crippen molar-refractivity contribution in [2.24, 2.45) is 11.7 Å². The summed E-state index contributed by atoms with van der Waals surface area (Å²) in [5, 5.41) is 6.80. The predicted molar refractivity (Wildman–Crippen MR) is 81.0 cm³/mol. The summed E-state index contributed by atoms with van der Waals surface area (Å²) in [6.45, 7) is 2.94. The van der Waals surface area contributed by atoms with E-state index in [0.29, 0.717) is 5.92 Å². The first kappa shape index (κ1) is 13.2. The van der Waals surface area contributed by atoms with Gasteiger partial charge in [0.15, 0.2) is 0 Å². The molecule has 1 aromatic rings. The van der Waals surface area contributed by atoms with Crippen LogP contribution in [-0.4, -0.2) is 31.7 Å². The zero-order valence-corrected chi connectivity index (χ0v) is 11.6. The number of hydrogen-bond donors (Lipinski definition) is 3. The van der Waals surface area contributed by atoms with Gasteiger partial charge in [0.2, 0.25) is 0 Å². The van der Waals surface area contributed by atoms with E-state index in [1.807, 2.05) is 24.3 Å². The number of anilines is 2. The highest BCUT2D eigenvalue weighted by Crippen LogP contribution is 2.33. The van der Waals surface area contributed by atoms with Gasteiger partial charge in [-0.3, -0.25) is 4.90 Å². The monoisotopic (exact) mass is 274 g/mol.